The number of carbonyl (C=O) groups is 1. The minimum atomic E-state index is -2.63. The van der Waals surface area contributed by atoms with Crippen LogP contribution in [0.2, 0.25) is 0 Å². The number of alkyl halides is 2. The largest absolute Gasteiger partial charge is 0.478 e. The molecule has 2 aromatic rings. The van der Waals surface area contributed by atoms with Crippen molar-refractivity contribution in [3.63, 3.8) is 0 Å². The molecule has 0 saturated carbocycles. The molecule has 0 bridgehead atoms. The number of aromatic nitrogens is 1. The molecule has 0 amide bonds. The Morgan fingerprint density at radius 1 is 1.33 bits per heavy atom. The lowest BCUT2D eigenvalue weighted by Crippen LogP contribution is -2.18. The zero-order chi connectivity index (χ0) is 15.0. The van der Waals surface area contributed by atoms with Crippen molar-refractivity contribution in [2.75, 3.05) is 0 Å². The second-order valence-electron chi connectivity index (χ2n) is 5.20. The van der Waals surface area contributed by atoms with E-state index in [1.165, 1.54) is 6.20 Å². The number of fused-ring (bicyclic) bond motifs is 1. The molecule has 21 heavy (non-hydrogen) atoms. The van der Waals surface area contributed by atoms with Crippen LogP contribution in [0, 0.1) is 0 Å². The molecule has 0 aliphatic heterocycles. The summed E-state index contributed by atoms with van der Waals surface area (Å²) in [5.74, 6) is -3.66. The van der Waals surface area contributed by atoms with Crippen LogP contribution >= 0.6 is 0 Å². The summed E-state index contributed by atoms with van der Waals surface area (Å²) in [5.41, 5.74) is 2.42. The highest BCUT2D eigenvalue weighted by atomic mass is 19.3. The van der Waals surface area contributed by atoms with Crippen LogP contribution in [-0.4, -0.2) is 22.0 Å². The maximum atomic E-state index is 13.2. The first-order chi connectivity index (χ1) is 9.96. The number of para-hydroxylation sites is 1. The van der Waals surface area contributed by atoms with Gasteiger partial charge >= 0.3 is 5.97 Å². The van der Waals surface area contributed by atoms with E-state index < -0.39 is 11.9 Å². The van der Waals surface area contributed by atoms with E-state index in [4.69, 9.17) is 5.11 Å². The van der Waals surface area contributed by atoms with Crippen LogP contribution < -0.4 is 0 Å². The van der Waals surface area contributed by atoms with E-state index >= 15 is 0 Å². The molecular weight excluding hydrogens is 276 g/mol. The number of rotatable bonds is 2. The zero-order valence-electron chi connectivity index (χ0n) is 11.1. The van der Waals surface area contributed by atoms with Crippen molar-refractivity contribution in [3.05, 3.63) is 47.7 Å². The maximum absolute atomic E-state index is 13.2. The van der Waals surface area contributed by atoms with Gasteiger partial charge in [-0.25, -0.2) is 13.6 Å². The van der Waals surface area contributed by atoms with Crippen molar-refractivity contribution in [1.82, 2.24) is 4.98 Å². The molecule has 5 heteroatoms. The molecule has 0 radical (unpaired) electrons. The number of carboxylic acid groups (broad SMARTS) is 1. The first-order valence-electron chi connectivity index (χ1n) is 6.66. The van der Waals surface area contributed by atoms with Gasteiger partial charge in [-0.2, -0.15) is 0 Å². The van der Waals surface area contributed by atoms with Gasteiger partial charge in [0, 0.05) is 30.0 Å². The first-order valence-corrected chi connectivity index (χ1v) is 6.66. The van der Waals surface area contributed by atoms with E-state index in [0.717, 1.165) is 11.1 Å². The van der Waals surface area contributed by atoms with Crippen LogP contribution in [0.25, 0.3) is 16.5 Å². The summed E-state index contributed by atoms with van der Waals surface area (Å²) in [6.45, 7) is 0. The van der Waals surface area contributed by atoms with Crippen LogP contribution in [0.15, 0.2) is 36.5 Å². The average Bonchev–Trinajstić information content (AvgIpc) is 2.46. The third kappa shape index (κ3) is 2.63. The summed E-state index contributed by atoms with van der Waals surface area (Å²) in [7, 11) is 0. The summed E-state index contributed by atoms with van der Waals surface area (Å²) in [4.78, 5) is 15.2. The number of carboxylic acids is 1. The molecule has 0 unspecified atom stereocenters. The summed E-state index contributed by atoms with van der Waals surface area (Å²) in [6, 6.07) is 6.95. The third-order valence-electron chi connectivity index (χ3n) is 3.71. The number of hydrogen-bond acceptors (Lipinski definition) is 2. The van der Waals surface area contributed by atoms with E-state index in [1.807, 2.05) is 6.07 Å². The summed E-state index contributed by atoms with van der Waals surface area (Å²) in [5, 5.41) is 9.68. The topological polar surface area (TPSA) is 50.2 Å². The van der Waals surface area contributed by atoms with Crippen molar-refractivity contribution < 1.29 is 18.7 Å². The van der Waals surface area contributed by atoms with Gasteiger partial charge in [-0.3, -0.25) is 4.98 Å². The molecular formula is C16H13F2NO2. The number of nitrogens with zero attached hydrogens (tertiary/aromatic N) is 1. The number of aromatic carboxylic acids is 1. The van der Waals surface area contributed by atoms with Crippen LogP contribution in [0.1, 0.15) is 35.2 Å². The smallest absolute Gasteiger partial charge is 0.337 e. The highest BCUT2D eigenvalue weighted by molar-refractivity contribution is 5.96. The van der Waals surface area contributed by atoms with Gasteiger partial charge in [0.2, 0.25) is 0 Å². The van der Waals surface area contributed by atoms with Gasteiger partial charge < -0.3 is 5.11 Å². The van der Waals surface area contributed by atoms with Crippen LogP contribution in [-0.2, 0) is 0 Å². The van der Waals surface area contributed by atoms with Crippen molar-refractivity contribution in [3.8, 4) is 0 Å². The van der Waals surface area contributed by atoms with Gasteiger partial charge in [0.25, 0.3) is 5.92 Å². The Bertz CT molecular complexity index is 753. The normalized spacial score (nSPS) is 17.5. The molecule has 1 N–H and O–H groups in total. The molecule has 3 nitrogen and oxygen atoms in total. The van der Waals surface area contributed by atoms with Crippen LogP contribution in [0.4, 0.5) is 8.78 Å². The standard InChI is InChI=1S/C16H13F2NO2/c17-16(18)6-4-10(5-7-16)13-3-1-2-11-8-12(15(20)21)9-19-14(11)13/h1-4,8-9H,5-7H2,(H,20,21). The number of pyridine rings is 1. The van der Waals surface area contributed by atoms with Crippen molar-refractivity contribution in [1.29, 1.82) is 0 Å². The fourth-order valence-corrected chi connectivity index (χ4v) is 2.58. The van der Waals surface area contributed by atoms with Crippen LogP contribution in [0.3, 0.4) is 0 Å². The predicted molar refractivity (Wildman–Crippen MR) is 75.5 cm³/mol. The Morgan fingerprint density at radius 2 is 2.14 bits per heavy atom. The zero-order valence-corrected chi connectivity index (χ0v) is 11.1. The van der Waals surface area contributed by atoms with E-state index in [2.05, 4.69) is 4.98 Å². The second kappa shape index (κ2) is 4.91. The molecule has 0 atom stereocenters. The Morgan fingerprint density at radius 3 is 2.81 bits per heavy atom. The maximum Gasteiger partial charge on any atom is 0.337 e. The molecule has 0 fully saturated rings. The first kappa shape index (κ1) is 13.7. The number of allylic oxidation sites excluding steroid dienone is 2. The van der Waals surface area contributed by atoms with E-state index in [-0.39, 0.29) is 18.4 Å². The Labute approximate surface area is 119 Å². The summed E-state index contributed by atoms with van der Waals surface area (Å²) >= 11 is 0. The molecule has 1 heterocycles. The van der Waals surface area contributed by atoms with Gasteiger partial charge in [0.05, 0.1) is 11.1 Å². The van der Waals surface area contributed by atoms with Crippen molar-refractivity contribution >= 4 is 22.4 Å². The SMILES string of the molecule is O=C(O)c1cnc2c(C3=CCC(F)(F)CC3)cccc2c1. The number of halogens is 2. The van der Waals surface area contributed by atoms with E-state index in [0.29, 0.717) is 17.3 Å². The Kier molecular flexibility index (Phi) is 3.20. The minimum absolute atomic E-state index is 0.115. The summed E-state index contributed by atoms with van der Waals surface area (Å²) in [6.07, 6.45) is 2.74. The average molecular weight is 289 g/mol. The number of benzene rings is 1. The van der Waals surface area contributed by atoms with Crippen molar-refractivity contribution in [2.45, 2.75) is 25.2 Å². The highest BCUT2D eigenvalue weighted by Gasteiger charge is 2.31. The molecule has 1 aromatic heterocycles. The Hall–Kier alpha value is -2.30. The molecule has 108 valence electrons. The van der Waals surface area contributed by atoms with E-state index in [9.17, 15) is 13.6 Å². The van der Waals surface area contributed by atoms with E-state index in [1.54, 1.807) is 24.3 Å². The van der Waals surface area contributed by atoms with Gasteiger partial charge in [-0.1, -0.05) is 24.3 Å². The molecule has 1 aliphatic carbocycles. The van der Waals surface area contributed by atoms with Gasteiger partial charge in [0.1, 0.15) is 0 Å². The Balaban J connectivity index is 2.08. The quantitative estimate of drug-likeness (QED) is 0.904. The predicted octanol–water partition coefficient (Wildman–Crippen LogP) is 4.14. The second-order valence-corrected chi connectivity index (χ2v) is 5.20. The fraction of sp³-hybridized carbons (Fsp3) is 0.250. The molecule has 0 saturated heterocycles. The van der Waals surface area contributed by atoms with Gasteiger partial charge in [-0.05, 0) is 18.1 Å². The minimum Gasteiger partial charge on any atom is -0.478 e. The highest BCUT2D eigenvalue weighted by Crippen LogP contribution is 2.37. The lowest BCUT2D eigenvalue weighted by molar-refractivity contribution is -0.00603. The molecule has 3 rings (SSSR count). The van der Waals surface area contributed by atoms with Gasteiger partial charge in [0.15, 0.2) is 0 Å². The lowest BCUT2D eigenvalue weighted by atomic mass is 9.90. The fourth-order valence-electron chi connectivity index (χ4n) is 2.58. The van der Waals surface area contributed by atoms with Gasteiger partial charge in [-0.15, -0.1) is 0 Å². The monoisotopic (exact) mass is 289 g/mol. The summed E-state index contributed by atoms with van der Waals surface area (Å²) < 4.78 is 26.4. The van der Waals surface area contributed by atoms with Crippen LogP contribution in [0.5, 0.6) is 0 Å². The molecule has 0 spiro atoms. The number of hydrogen-bond donors (Lipinski definition) is 1. The lowest BCUT2D eigenvalue weighted by Gasteiger charge is -2.22. The third-order valence-corrected chi connectivity index (χ3v) is 3.71. The molecule has 1 aromatic carbocycles. The molecule has 1 aliphatic rings. The van der Waals surface area contributed by atoms with Crippen molar-refractivity contribution in [2.24, 2.45) is 0 Å².